The van der Waals surface area contributed by atoms with E-state index >= 15 is 0 Å². The number of anilines is 2. The minimum atomic E-state index is -0.315. The van der Waals surface area contributed by atoms with E-state index in [0.717, 1.165) is 42.7 Å². The number of benzene rings is 1. The van der Waals surface area contributed by atoms with Gasteiger partial charge in [-0.3, -0.25) is 9.20 Å². The lowest BCUT2D eigenvalue weighted by molar-refractivity contribution is 0.102. The second-order valence-corrected chi connectivity index (χ2v) is 8.73. The predicted octanol–water partition coefficient (Wildman–Crippen LogP) is 4.21. The Morgan fingerprint density at radius 1 is 1.19 bits per heavy atom. The Morgan fingerprint density at radius 2 is 2.00 bits per heavy atom. The second-order valence-electron chi connectivity index (χ2n) is 8.73. The molecule has 1 saturated heterocycles. The molecular weight excluding hydrogens is 452 g/mol. The van der Waals surface area contributed by atoms with E-state index in [1.807, 2.05) is 35.6 Å². The fraction of sp³-hybridized carbons (Fsp3) is 0.222. The minimum absolute atomic E-state index is 0.280. The van der Waals surface area contributed by atoms with Crippen LogP contribution in [0.15, 0.2) is 67.1 Å². The van der Waals surface area contributed by atoms with E-state index in [0.29, 0.717) is 28.7 Å². The lowest BCUT2D eigenvalue weighted by Gasteiger charge is -2.31. The van der Waals surface area contributed by atoms with E-state index in [1.165, 1.54) is 12.3 Å². The van der Waals surface area contributed by atoms with Crippen LogP contribution in [-0.2, 0) is 0 Å². The van der Waals surface area contributed by atoms with E-state index in [1.54, 1.807) is 24.4 Å². The summed E-state index contributed by atoms with van der Waals surface area (Å²) < 4.78 is 1.89. The summed E-state index contributed by atoms with van der Waals surface area (Å²) in [5, 5.41) is 11.8. The molecule has 5 rings (SSSR count). The molecule has 9 heteroatoms. The summed E-state index contributed by atoms with van der Waals surface area (Å²) >= 11 is 0. The Kier molecular flexibility index (Phi) is 6.33. The van der Waals surface area contributed by atoms with Gasteiger partial charge in [-0.2, -0.15) is 5.26 Å². The number of amides is 1. The smallest absolute Gasteiger partial charge is 0.256 e. The molecule has 0 bridgehead atoms. The second kappa shape index (κ2) is 9.88. The molecule has 1 amide bonds. The van der Waals surface area contributed by atoms with E-state index in [4.69, 9.17) is 16.0 Å². The summed E-state index contributed by atoms with van der Waals surface area (Å²) in [6.45, 7) is 3.98. The van der Waals surface area contributed by atoms with Crippen molar-refractivity contribution < 1.29 is 4.79 Å². The summed E-state index contributed by atoms with van der Waals surface area (Å²) in [5.74, 6) is 1.36. The Bertz CT molecular complexity index is 1480. The van der Waals surface area contributed by atoms with Gasteiger partial charge in [-0.15, -0.1) is 0 Å². The highest BCUT2D eigenvalue weighted by molar-refractivity contribution is 6.04. The molecule has 0 spiro atoms. The molecule has 3 aromatic heterocycles. The van der Waals surface area contributed by atoms with Crippen LogP contribution in [0.2, 0.25) is 0 Å². The van der Waals surface area contributed by atoms with E-state index < -0.39 is 0 Å². The number of pyridine rings is 1. The quantitative estimate of drug-likeness (QED) is 0.440. The summed E-state index contributed by atoms with van der Waals surface area (Å²) in [4.78, 5) is 28.5. The van der Waals surface area contributed by atoms with Gasteiger partial charge in [0.1, 0.15) is 11.6 Å². The number of nitrogens with two attached hydrogens (primary N) is 1. The lowest BCUT2D eigenvalue weighted by atomic mass is 9.94. The van der Waals surface area contributed by atoms with Crippen molar-refractivity contribution in [1.82, 2.24) is 24.3 Å². The van der Waals surface area contributed by atoms with Crippen LogP contribution in [0, 0.1) is 11.3 Å². The molecule has 1 unspecified atom stereocenters. The highest BCUT2D eigenvalue weighted by Gasteiger charge is 2.26. The first kappa shape index (κ1) is 23.1. The molecule has 36 heavy (non-hydrogen) atoms. The topological polar surface area (TPSA) is 125 Å². The summed E-state index contributed by atoms with van der Waals surface area (Å²) in [6.07, 6.45) is 9.56. The zero-order chi connectivity index (χ0) is 25.1. The van der Waals surface area contributed by atoms with Gasteiger partial charge in [-0.25, -0.2) is 15.0 Å². The normalized spacial score (nSPS) is 15.8. The van der Waals surface area contributed by atoms with Crippen molar-refractivity contribution in [3.05, 3.63) is 84.0 Å². The highest BCUT2D eigenvalue weighted by atomic mass is 16.1. The zero-order valence-electron chi connectivity index (χ0n) is 19.9. The van der Waals surface area contributed by atoms with Gasteiger partial charge in [-0.05, 0) is 56.3 Å². The molecule has 4 heterocycles. The molecule has 0 radical (unpaired) electrons. The molecule has 1 atom stereocenters. The van der Waals surface area contributed by atoms with Crippen molar-refractivity contribution in [3.63, 3.8) is 0 Å². The van der Waals surface area contributed by atoms with Gasteiger partial charge in [0.25, 0.3) is 5.91 Å². The maximum absolute atomic E-state index is 12.7. The number of rotatable bonds is 5. The molecule has 1 aliphatic rings. The third-order valence-corrected chi connectivity index (χ3v) is 6.35. The van der Waals surface area contributed by atoms with E-state index in [9.17, 15) is 4.79 Å². The Morgan fingerprint density at radius 3 is 2.78 bits per heavy atom. The maximum atomic E-state index is 12.7. The van der Waals surface area contributed by atoms with Crippen molar-refractivity contribution in [1.29, 1.82) is 5.26 Å². The molecule has 3 N–H and O–H groups in total. The Hall–Kier alpha value is -4.71. The van der Waals surface area contributed by atoms with Gasteiger partial charge < -0.3 is 16.0 Å². The number of aromatic nitrogens is 4. The van der Waals surface area contributed by atoms with Gasteiger partial charge >= 0.3 is 0 Å². The Balaban J connectivity index is 1.45. The van der Waals surface area contributed by atoms with Crippen LogP contribution in [0.5, 0.6) is 0 Å². The molecular formula is C27H26N8O. The largest absolute Gasteiger partial charge is 0.377 e. The Labute approximate surface area is 208 Å². The fourth-order valence-electron chi connectivity index (χ4n) is 4.68. The number of hydrogen-bond acceptors (Lipinski definition) is 7. The standard InChI is InChI=1S/C27H26N8O/c1-2-13-34-14-3-4-21(17-34)24-22-10-12-31-27(29)35(22)25(33-24)19-5-7-20(8-6-19)26(36)32-23-15-18(16-28)9-11-30-23/h2,5-13,15,21H,3-4,14,17H2,1H3,(H2,29,31)(H,30,32,36). The number of nitrogens with one attached hydrogen (secondary N) is 1. The molecule has 1 aromatic carbocycles. The number of imidazole rings is 1. The van der Waals surface area contributed by atoms with E-state index in [-0.39, 0.29) is 11.8 Å². The first-order valence-corrected chi connectivity index (χ1v) is 11.8. The molecule has 0 saturated carbocycles. The fourth-order valence-corrected chi connectivity index (χ4v) is 4.68. The van der Waals surface area contributed by atoms with Crippen molar-refractivity contribution in [3.8, 4) is 17.5 Å². The summed E-state index contributed by atoms with van der Waals surface area (Å²) in [5.41, 5.74) is 9.98. The first-order chi connectivity index (χ1) is 17.6. The SMILES string of the molecule is CC=CN1CCCC(c2nc(-c3ccc(C(=O)Nc4cc(C#N)ccn4)cc3)n3c(N)nccc23)C1. The van der Waals surface area contributed by atoms with Crippen LogP contribution >= 0.6 is 0 Å². The lowest BCUT2D eigenvalue weighted by Crippen LogP contribution is -2.30. The zero-order valence-corrected chi connectivity index (χ0v) is 19.9. The van der Waals surface area contributed by atoms with Crippen LogP contribution in [0.1, 0.15) is 47.3 Å². The number of allylic oxidation sites excluding steroid dienone is 1. The van der Waals surface area contributed by atoms with Crippen molar-refractivity contribution in [2.75, 3.05) is 24.1 Å². The summed E-state index contributed by atoms with van der Waals surface area (Å²) in [6, 6.07) is 14.3. The van der Waals surface area contributed by atoms with Gasteiger partial charge in [0.15, 0.2) is 0 Å². The number of nitriles is 1. The number of piperidine rings is 1. The predicted molar refractivity (Wildman–Crippen MR) is 138 cm³/mol. The van der Waals surface area contributed by atoms with Crippen LogP contribution in [-0.4, -0.2) is 43.2 Å². The first-order valence-electron chi connectivity index (χ1n) is 11.8. The van der Waals surface area contributed by atoms with Crippen LogP contribution in [0.4, 0.5) is 11.8 Å². The number of carbonyl (C=O) groups is 1. The number of fused-ring (bicyclic) bond motifs is 1. The average Bonchev–Trinajstić information content (AvgIpc) is 3.30. The van der Waals surface area contributed by atoms with Gasteiger partial charge in [-0.1, -0.05) is 18.2 Å². The number of likely N-dealkylation sites (tertiary alicyclic amines) is 1. The number of carbonyl (C=O) groups excluding carboxylic acids is 1. The van der Waals surface area contributed by atoms with Crippen LogP contribution in [0.25, 0.3) is 16.9 Å². The average molecular weight is 479 g/mol. The van der Waals surface area contributed by atoms with Gasteiger partial charge in [0.05, 0.1) is 22.8 Å². The van der Waals surface area contributed by atoms with E-state index in [2.05, 4.69) is 32.5 Å². The molecule has 1 aliphatic heterocycles. The van der Waals surface area contributed by atoms with Crippen LogP contribution < -0.4 is 11.1 Å². The third-order valence-electron chi connectivity index (χ3n) is 6.35. The van der Waals surface area contributed by atoms with Crippen molar-refractivity contribution in [2.24, 2.45) is 0 Å². The van der Waals surface area contributed by atoms with Crippen molar-refractivity contribution in [2.45, 2.75) is 25.7 Å². The van der Waals surface area contributed by atoms with Crippen molar-refractivity contribution >= 4 is 23.2 Å². The minimum Gasteiger partial charge on any atom is -0.377 e. The molecule has 4 aromatic rings. The van der Waals surface area contributed by atoms with Gasteiger partial charge in [0.2, 0.25) is 5.95 Å². The molecule has 9 nitrogen and oxygen atoms in total. The summed E-state index contributed by atoms with van der Waals surface area (Å²) in [7, 11) is 0. The molecule has 1 fully saturated rings. The number of hydrogen-bond donors (Lipinski definition) is 2. The highest BCUT2D eigenvalue weighted by Crippen LogP contribution is 2.33. The van der Waals surface area contributed by atoms with Crippen LogP contribution in [0.3, 0.4) is 0 Å². The third kappa shape index (κ3) is 4.49. The van der Waals surface area contributed by atoms with Gasteiger partial charge in [0, 0.05) is 42.5 Å². The maximum Gasteiger partial charge on any atom is 0.256 e. The number of nitrogen functional groups attached to an aromatic ring is 1. The molecule has 180 valence electrons. The molecule has 0 aliphatic carbocycles. The number of nitrogens with zero attached hydrogens (tertiary/aromatic N) is 6. The monoisotopic (exact) mass is 478 g/mol.